The minimum Gasteiger partial charge on any atom is -0.299 e. The molecule has 0 saturated heterocycles. The van der Waals surface area contributed by atoms with Crippen molar-refractivity contribution in [3.63, 3.8) is 0 Å². The second-order valence-electron chi connectivity index (χ2n) is 5.81. The normalized spacial score (nSPS) is 37.8. The summed E-state index contributed by atoms with van der Waals surface area (Å²) in [5.74, 6) is 0.505. The molecule has 2 aliphatic carbocycles. The zero-order chi connectivity index (χ0) is 10.5. The molecule has 2 heteroatoms. The minimum atomic E-state index is -0.325. The molecule has 2 unspecified atom stereocenters. The highest BCUT2D eigenvalue weighted by molar-refractivity contribution is 6.08. The van der Waals surface area contributed by atoms with Crippen molar-refractivity contribution in [2.24, 2.45) is 23.2 Å². The summed E-state index contributed by atoms with van der Waals surface area (Å²) >= 11 is 0. The quantitative estimate of drug-likeness (QED) is 0.554. The van der Waals surface area contributed by atoms with Crippen molar-refractivity contribution in [2.45, 2.75) is 40.0 Å². The lowest BCUT2D eigenvalue weighted by atomic mass is 9.67. The van der Waals surface area contributed by atoms with Gasteiger partial charge in [0, 0.05) is 11.8 Å². The van der Waals surface area contributed by atoms with Crippen LogP contribution in [0.5, 0.6) is 0 Å². The molecule has 2 aliphatic rings. The molecule has 2 nitrogen and oxygen atoms in total. The van der Waals surface area contributed by atoms with Crippen molar-refractivity contribution in [1.29, 1.82) is 0 Å². The molecule has 0 aromatic carbocycles. The zero-order valence-corrected chi connectivity index (χ0v) is 9.17. The van der Waals surface area contributed by atoms with E-state index < -0.39 is 0 Å². The van der Waals surface area contributed by atoms with Gasteiger partial charge >= 0.3 is 0 Å². The molecule has 0 amide bonds. The highest BCUT2D eigenvalue weighted by Crippen LogP contribution is 2.45. The Morgan fingerprint density at radius 3 is 1.79 bits per heavy atom. The van der Waals surface area contributed by atoms with Gasteiger partial charge in [-0.1, -0.05) is 20.8 Å². The van der Waals surface area contributed by atoms with Gasteiger partial charge < -0.3 is 0 Å². The molecule has 0 aromatic rings. The highest BCUT2D eigenvalue weighted by Gasteiger charge is 2.50. The summed E-state index contributed by atoms with van der Waals surface area (Å²) in [4.78, 5) is 24.0. The van der Waals surface area contributed by atoms with Gasteiger partial charge in [0.25, 0.3) is 0 Å². The number of rotatable bonds is 0. The van der Waals surface area contributed by atoms with Crippen LogP contribution in [0.15, 0.2) is 0 Å². The number of hydrogen-bond acceptors (Lipinski definition) is 2. The van der Waals surface area contributed by atoms with Crippen molar-refractivity contribution in [3.05, 3.63) is 0 Å². The first kappa shape index (κ1) is 9.88. The van der Waals surface area contributed by atoms with E-state index in [0.717, 1.165) is 19.3 Å². The summed E-state index contributed by atoms with van der Waals surface area (Å²) in [6.45, 7) is 5.99. The van der Waals surface area contributed by atoms with Gasteiger partial charge in [-0.25, -0.2) is 0 Å². The summed E-state index contributed by atoms with van der Waals surface area (Å²) in [7, 11) is 0. The summed E-state index contributed by atoms with van der Waals surface area (Å²) in [6, 6.07) is 0. The largest absolute Gasteiger partial charge is 0.299 e. The summed E-state index contributed by atoms with van der Waals surface area (Å²) in [6.07, 6.45) is 2.73. The van der Waals surface area contributed by atoms with E-state index in [0.29, 0.717) is 0 Å². The Labute approximate surface area is 85.1 Å². The van der Waals surface area contributed by atoms with Crippen LogP contribution in [-0.4, -0.2) is 11.6 Å². The molecule has 0 spiro atoms. The Morgan fingerprint density at radius 2 is 1.43 bits per heavy atom. The average Bonchev–Trinajstić information content (AvgIpc) is 2.44. The summed E-state index contributed by atoms with van der Waals surface area (Å²) in [5.41, 5.74) is -0.185. The molecule has 2 atom stereocenters. The molecule has 2 saturated carbocycles. The lowest BCUT2D eigenvalue weighted by molar-refractivity contribution is -0.144. The van der Waals surface area contributed by atoms with Gasteiger partial charge in [0.1, 0.15) is 11.6 Å². The number of carbonyl (C=O) groups is 2. The third kappa shape index (κ3) is 1.32. The number of fused-ring (bicyclic) bond motifs is 2. The van der Waals surface area contributed by atoms with Gasteiger partial charge in [0.2, 0.25) is 0 Å². The van der Waals surface area contributed by atoms with E-state index in [2.05, 4.69) is 0 Å². The number of hydrogen-bond donors (Lipinski definition) is 0. The molecule has 2 fully saturated rings. The second kappa shape index (κ2) is 2.91. The molecular weight excluding hydrogens is 176 g/mol. The van der Waals surface area contributed by atoms with E-state index in [1.165, 1.54) is 0 Å². The van der Waals surface area contributed by atoms with Crippen LogP contribution in [0.4, 0.5) is 0 Å². The Balaban J connectivity index is 2.33. The maximum absolute atomic E-state index is 12.0. The molecule has 0 aromatic heterocycles. The van der Waals surface area contributed by atoms with Gasteiger partial charge in [-0.2, -0.15) is 0 Å². The van der Waals surface area contributed by atoms with Crippen LogP contribution in [0.1, 0.15) is 40.0 Å². The molecule has 0 radical (unpaired) electrons. The van der Waals surface area contributed by atoms with Crippen molar-refractivity contribution in [3.8, 4) is 0 Å². The van der Waals surface area contributed by atoms with Crippen LogP contribution in [0.3, 0.4) is 0 Å². The SMILES string of the molecule is CC(C)(C)C1C(=O)C2CCC(C2)C1=O. The van der Waals surface area contributed by atoms with Gasteiger partial charge in [-0.05, 0) is 24.7 Å². The number of carbonyl (C=O) groups excluding carboxylic acids is 2. The average molecular weight is 194 g/mol. The predicted octanol–water partition coefficient (Wildman–Crippen LogP) is 2.22. The van der Waals surface area contributed by atoms with Gasteiger partial charge in [-0.3, -0.25) is 9.59 Å². The van der Waals surface area contributed by atoms with Crippen LogP contribution < -0.4 is 0 Å². The first-order valence-electron chi connectivity index (χ1n) is 5.48. The van der Waals surface area contributed by atoms with Crippen molar-refractivity contribution < 1.29 is 9.59 Å². The first-order valence-corrected chi connectivity index (χ1v) is 5.48. The van der Waals surface area contributed by atoms with Crippen LogP contribution >= 0.6 is 0 Å². The lowest BCUT2D eigenvalue weighted by Crippen LogP contribution is -2.43. The van der Waals surface area contributed by atoms with Gasteiger partial charge in [0.05, 0.1) is 5.92 Å². The Morgan fingerprint density at radius 1 is 1.00 bits per heavy atom. The Kier molecular flexibility index (Phi) is 2.06. The first-order chi connectivity index (χ1) is 6.41. The number of Topliss-reactive ketones (excluding diaryl/α,β-unsaturated/α-hetero) is 2. The minimum absolute atomic E-state index is 0.185. The standard InChI is InChI=1S/C12H18O2/c1-12(2,3)9-10(13)7-4-5-8(6-7)11(9)14/h7-9H,4-6H2,1-3H3. The lowest BCUT2D eigenvalue weighted by Gasteiger charge is -2.34. The van der Waals surface area contributed by atoms with Crippen LogP contribution in [0, 0.1) is 23.2 Å². The fraction of sp³-hybridized carbons (Fsp3) is 0.833. The molecule has 78 valence electrons. The van der Waals surface area contributed by atoms with Gasteiger partial charge in [0.15, 0.2) is 0 Å². The van der Waals surface area contributed by atoms with Crippen LogP contribution in [0.25, 0.3) is 0 Å². The maximum atomic E-state index is 12.0. The van der Waals surface area contributed by atoms with E-state index in [4.69, 9.17) is 0 Å². The molecule has 0 aliphatic heterocycles. The van der Waals surface area contributed by atoms with E-state index in [9.17, 15) is 9.59 Å². The maximum Gasteiger partial charge on any atom is 0.146 e. The Hall–Kier alpha value is -0.660. The zero-order valence-electron chi connectivity index (χ0n) is 9.17. The molecule has 2 rings (SSSR count). The van der Waals surface area contributed by atoms with Gasteiger partial charge in [-0.15, -0.1) is 0 Å². The highest BCUT2D eigenvalue weighted by atomic mass is 16.2. The fourth-order valence-electron chi connectivity index (χ4n) is 2.96. The Bertz CT molecular complexity index is 263. The van der Waals surface area contributed by atoms with Crippen molar-refractivity contribution in [2.75, 3.05) is 0 Å². The molecular formula is C12H18O2. The smallest absolute Gasteiger partial charge is 0.146 e. The topological polar surface area (TPSA) is 34.1 Å². The third-order valence-corrected chi connectivity index (χ3v) is 3.67. The molecule has 0 heterocycles. The predicted molar refractivity (Wildman–Crippen MR) is 53.8 cm³/mol. The molecule has 14 heavy (non-hydrogen) atoms. The van der Waals surface area contributed by atoms with E-state index in [-0.39, 0.29) is 34.7 Å². The third-order valence-electron chi connectivity index (χ3n) is 3.67. The summed E-state index contributed by atoms with van der Waals surface area (Å²) in [5, 5.41) is 0. The van der Waals surface area contributed by atoms with Crippen molar-refractivity contribution >= 4 is 11.6 Å². The molecule has 2 bridgehead atoms. The number of ketones is 2. The van der Waals surface area contributed by atoms with E-state index in [1.807, 2.05) is 20.8 Å². The van der Waals surface area contributed by atoms with E-state index in [1.54, 1.807) is 0 Å². The van der Waals surface area contributed by atoms with Crippen LogP contribution in [-0.2, 0) is 9.59 Å². The molecule has 0 N–H and O–H groups in total. The van der Waals surface area contributed by atoms with Crippen LogP contribution in [0.2, 0.25) is 0 Å². The monoisotopic (exact) mass is 194 g/mol. The van der Waals surface area contributed by atoms with E-state index >= 15 is 0 Å². The second-order valence-corrected chi connectivity index (χ2v) is 5.81. The fourth-order valence-corrected chi connectivity index (χ4v) is 2.96. The van der Waals surface area contributed by atoms with Crippen molar-refractivity contribution in [1.82, 2.24) is 0 Å². The summed E-state index contributed by atoms with van der Waals surface area (Å²) < 4.78 is 0.